The van der Waals surface area contributed by atoms with Crippen molar-refractivity contribution in [3.8, 4) is 0 Å². The van der Waals surface area contributed by atoms with Crippen molar-refractivity contribution < 1.29 is 0 Å². The molecule has 1 nitrogen and oxygen atoms in total. The maximum atomic E-state index is 3.91. The summed E-state index contributed by atoms with van der Waals surface area (Å²) in [6.07, 6.45) is 16.5. The molecule has 122 valence electrons. The van der Waals surface area contributed by atoms with E-state index in [0.29, 0.717) is 11.6 Å². The Hall–Kier alpha value is -0.0400. The molecule has 0 aliphatic carbocycles. The second kappa shape index (κ2) is 12.7. The first-order chi connectivity index (χ1) is 9.58. The highest BCUT2D eigenvalue weighted by Crippen LogP contribution is 2.24. The van der Waals surface area contributed by atoms with Crippen LogP contribution in [0.2, 0.25) is 0 Å². The van der Waals surface area contributed by atoms with Crippen LogP contribution in [-0.4, -0.2) is 11.6 Å². The topological polar surface area (TPSA) is 12.0 Å². The smallest absolute Gasteiger partial charge is 0.0155 e. The van der Waals surface area contributed by atoms with Crippen molar-refractivity contribution in [1.29, 1.82) is 0 Å². The predicted molar refractivity (Wildman–Crippen MR) is 93.4 cm³/mol. The summed E-state index contributed by atoms with van der Waals surface area (Å²) in [6.45, 7) is 11.7. The zero-order valence-corrected chi connectivity index (χ0v) is 15.1. The Labute approximate surface area is 129 Å². The molecule has 1 unspecified atom stereocenters. The quantitative estimate of drug-likeness (QED) is 0.360. The average molecular weight is 284 g/mol. The third-order valence-corrected chi connectivity index (χ3v) is 4.62. The fourth-order valence-corrected chi connectivity index (χ4v) is 3.03. The van der Waals surface area contributed by atoms with Gasteiger partial charge < -0.3 is 5.32 Å². The van der Waals surface area contributed by atoms with Gasteiger partial charge in [0.25, 0.3) is 0 Å². The van der Waals surface area contributed by atoms with Crippen molar-refractivity contribution in [1.82, 2.24) is 5.32 Å². The molecule has 0 fully saturated rings. The fraction of sp³-hybridized carbons (Fsp3) is 1.00. The van der Waals surface area contributed by atoms with E-state index in [1.165, 1.54) is 77.0 Å². The third kappa shape index (κ3) is 10.7. The lowest BCUT2D eigenvalue weighted by Gasteiger charge is -2.34. The molecular formula is C19H41N. The van der Waals surface area contributed by atoms with E-state index < -0.39 is 0 Å². The summed E-state index contributed by atoms with van der Waals surface area (Å²) in [5.41, 5.74) is 0.370. The molecule has 0 saturated heterocycles. The fourth-order valence-electron chi connectivity index (χ4n) is 3.03. The van der Waals surface area contributed by atoms with Gasteiger partial charge in [-0.2, -0.15) is 0 Å². The Morgan fingerprint density at radius 2 is 1.20 bits per heavy atom. The van der Waals surface area contributed by atoms with Gasteiger partial charge in [-0.1, -0.05) is 78.6 Å². The third-order valence-electron chi connectivity index (χ3n) is 4.62. The largest absolute Gasteiger partial charge is 0.309 e. The Kier molecular flexibility index (Phi) is 12.7. The Bertz CT molecular complexity index is 202. The molecule has 20 heavy (non-hydrogen) atoms. The second-order valence-electron chi connectivity index (χ2n) is 6.99. The van der Waals surface area contributed by atoms with Crippen LogP contribution in [-0.2, 0) is 0 Å². The SMILES string of the molecule is CCCCCCCC(C)(CCCCCC)N[C@H](C)CC. The Balaban J connectivity index is 4.08. The van der Waals surface area contributed by atoms with Gasteiger partial charge in [-0.15, -0.1) is 0 Å². The Morgan fingerprint density at radius 3 is 1.65 bits per heavy atom. The molecule has 0 heterocycles. The van der Waals surface area contributed by atoms with Gasteiger partial charge in [0.15, 0.2) is 0 Å². The van der Waals surface area contributed by atoms with Gasteiger partial charge in [-0.25, -0.2) is 0 Å². The van der Waals surface area contributed by atoms with Crippen LogP contribution in [0.1, 0.15) is 112 Å². The predicted octanol–water partition coefficient (Wildman–Crippen LogP) is 6.46. The van der Waals surface area contributed by atoms with Crippen molar-refractivity contribution in [3.05, 3.63) is 0 Å². The minimum atomic E-state index is 0.370. The van der Waals surface area contributed by atoms with Crippen molar-refractivity contribution in [3.63, 3.8) is 0 Å². The van der Waals surface area contributed by atoms with Crippen LogP contribution in [0.3, 0.4) is 0 Å². The van der Waals surface area contributed by atoms with Crippen LogP contribution in [0, 0.1) is 0 Å². The molecule has 0 saturated carbocycles. The van der Waals surface area contributed by atoms with Crippen molar-refractivity contribution in [2.75, 3.05) is 0 Å². The average Bonchev–Trinajstić information content (AvgIpc) is 2.43. The molecule has 0 bridgehead atoms. The molecule has 0 rings (SSSR count). The molecule has 0 radical (unpaired) electrons. The maximum absolute atomic E-state index is 3.91. The normalized spacial score (nSPS) is 16.1. The Morgan fingerprint density at radius 1 is 0.750 bits per heavy atom. The van der Waals surface area contributed by atoms with Gasteiger partial charge in [-0.3, -0.25) is 0 Å². The molecule has 0 amide bonds. The number of hydrogen-bond acceptors (Lipinski definition) is 1. The molecule has 0 spiro atoms. The second-order valence-corrected chi connectivity index (χ2v) is 6.99. The van der Waals surface area contributed by atoms with Crippen molar-refractivity contribution >= 4 is 0 Å². The lowest BCUT2D eigenvalue weighted by Crippen LogP contribution is -2.47. The lowest BCUT2D eigenvalue weighted by atomic mass is 9.87. The van der Waals surface area contributed by atoms with Gasteiger partial charge in [0, 0.05) is 11.6 Å². The van der Waals surface area contributed by atoms with Crippen molar-refractivity contribution in [2.45, 2.75) is 123 Å². The van der Waals surface area contributed by atoms with Crippen LogP contribution >= 0.6 is 0 Å². The number of hydrogen-bond donors (Lipinski definition) is 1. The standard InChI is InChI=1S/C19H41N/c1-6-9-11-13-15-17-19(5,20-18(4)8-3)16-14-12-10-7-2/h18,20H,6-17H2,1-5H3/t18-,19?/m1/s1. The van der Waals surface area contributed by atoms with E-state index in [-0.39, 0.29) is 0 Å². The molecule has 2 atom stereocenters. The van der Waals surface area contributed by atoms with Crippen LogP contribution in [0.4, 0.5) is 0 Å². The van der Waals surface area contributed by atoms with E-state index in [2.05, 4.69) is 39.9 Å². The number of rotatable bonds is 14. The lowest BCUT2D eigenvalue weighted by molar-refractivity contribution is 0.258. The van der Waals surface area contributed by atoms with Gasteiger partial charge in [0.2, 0.25) is 0 Å². The van der Waals surface area contributed by atoms with Gasteiger partial charge in [0.05, 0.1) is 0 Å². The first-order valence-corrected chi connectivity index (χ1v) is 9.35. The summed E-state index contributed by atoms with van der Waals surface area (Å²) >= 11 is 0. The van der Waals surface area contributed by atoms with Crippen LogP contribution in [0.25, 0.3) is 0 Å². The molecule has 0 aliphatic heterocycles. The molecule has 0 aliphatic rings. The van der Waals surface area contributed by atoms with E-state index in [0.717, 1.165) is 0 Å². The number of unbranched alkanes of at least 4 members (excludes halogenated alkanes) is 7. The first-order valence-electron chi connectivity index (χ1n) is 9.35. The summed E-state index contributed by atoms with van der Waals surface area (Å²) < 4.78 is 0. The van der Waals surface area contributed by atoms with Crippen LogP contribution in [0.5, 0.6) is 0 Å². The zero-order chi connectivity index (χ0) is 15.3. The van der Waals surface area contributed by atoms with Crippen LogP contribution < -0.4 is 5.32 Å². The van der Waals surface area contributed by atoms with E-state index in [1.54, 1.807) is 0 Å². The van der Waals surface area contributed by atoms with E-state index in [9.17, 15) is 0 Å². The summed E-state index contributed by atoms with van der Waals surface area (Å²) in [5, 5.41) is 3.91. The molecular weight excluding hydrogens is 242 g/mol. The first kappa shape index (κ1) is 20.0. The van der Waals surface area contributed by atoms with Crippen molar-refractivity contribution in [2.24, 2.45) is 0 Å². The highest BCUT2D eigenvalue weighted by atomic mass is 15.0. The zero-order valence-electron chi connectivity index (χ0n) is 15.1. The van der Waals surface area contributed by atoms with Gasteiger partial charge >= 0.3 is 0 Å². The molecule has 0 aromatic heterocycles. The highest BCUT2D eigenvalue weighted by molar-refractivity contribution is 4.85. The molecule has 1 heteroatoms. The molecule has 1 N–H and O–H groups in total. The van der Waals surface area contributed by atoms with Gasteiger partial charge in [-0.05, 0) is 33.1 Å². The summed E-state index contributed by atoms with van der Waals surface area (Å²) in [7, 11) is 0. The molecule has 0 aromatic carbocycles. The maximum Gasteiger partial charge on any atom is 0.0155 e. The monoisotopic (exact) mass is 283 g/mol. The van der Waals surface area contributed by atoms with E-state index >= 15 is 0 Å². The summed E-state index contributed by atoms with van der Waals surface area (Å²) in [4.78, 5) is 0. The van der Waals surface area contributed by atoms with Crippen LogP contribution in [0.15, 0.2) is 0 Å². The summed E-state index contributed by atoms with van der Waals surface area (Å²) in [6, 6.07) is 0.654. The minimum Gasteiger partial charge on any atom is -0.309 e. The van der Waals surface area contributed by atoms with E-state index in [1.807, 2.05) is 0 Å². The minimum absolute atomic E-state index is 0.370. The number of nitrogens with one attached hydrogen (secondary N) is 1. The highest BCUT2D eigenvalue weighted by Gasteiger charge is 2.24. The van der Waals surface area contributed by atoms with Gasteiger partial charge in [0.1, 0.15) is 0 Å². The summed E-state index contributed by atoms with van der Waals surface area (Å²) in [5.74, 6) is 0. The molecule has 0 aromatic rings. The van der Waals surface area contributed by atoms with E-state index in [4.69, 9.17) is 0 Å².